The second kappa shape index (κ2) is 4.53. The first-order chi connectivity index (χ1) is 8.82. The van der Waals surface area contributed by atoms with Crippen LogP contribution in [0.3, 0.4) is 0 Å². The highest BCUT2D eigenvalue weighted by atomic mass is 16.4. The molecule has 0 spiro atoms. The zero-order valence-electron chi connectivity index (χ0n) is 11.5. The molecule has 1 N–H and O–H groups in total. The molecule has 1 aromatic rings. The standard InChI is InChI=1S/C13H17N3O3/c1-7-5-8(6-15(2)3)12(17)11-9(7)10(13(18)19)14-16(11)4/h6-7H,5H2,1-4H3,(H,18,19). The smallest absolute Gasteiger partial charge is 0.356 e. The van der Waals surface area contributed by atoms with E-state index in [4.69, 9.17) is 5.11 Å². The molecule has 0 fully saturated rings. The monoisotopic (exact) mass is 263 g/mol. The van der Waals surface area contributed by atoms with Gasteiger partial charge in [-0.25, -0.2) is 4.79 Å². The lowest BCUT2D eigenvalue weighted by molar-refractivity contribution is 0.0688. The fourth-order valence-corrected chi connectivity index (χ4v) is 2.53. The van der Waals surface area contributed by atoms with Crippen molar-refractivity contribution in [2.75, 3.05) is 14.1 Å². The molecule has 1 aromatic heterocycles. The summed E-state index contributed by atoms with van der Waals surface area (Å²) in [5, 5.41) is 13.1. The minimum Gasteiger partial charge on any atom is -0.476 e. The zero-order valence-corrected chi connectivity index (χ0v) is 11.5. The Bertz CT molecular complexity index is 584. The molecule has 1 aliphatic rings. The Morgan fingerprint density at radius 1 is 1.53 bits per heavy atom. The molecule has 2 rings (SSSR count). The maximum Gasteiger partial charge on any atom is 0.356 e. The van der Waals surface area contributed by atoms with Gasteiger partial charge in [0, 0.05) is 38.5 Å². The van der Waals surface area contributed by atoms with E-state index in [2.05, 4.69) is 5.10 Å². The maximum absolute atomic E-state index is 12.4. The molecule has 0 bridgehead atoms. The molecule has 1 heterocycles. The number of carbonyl (C=O) groups excluding carboxylic acids is 1. The first-order valence-corrected chi connectivity index (χ1v) is 6.05. The highest BCUT2D eigenvalue weighted by molar-refractivity contribution is 6.11. The zero-order chi connectivity index (χ0) is 14.3. The summed E-state index contributed by atoms with van der Waals surface area (Å²) < 4.78 is 1.38. The first-order valence-electron chi connectivity index (χ1n) is 6.05. The third-order valence-electron chi connectivity index (χ3n) is 3.23. The molecule has 0 amide bonds. The molecule has 1 unspecified atom stereocenters. The van der Waals surface area contributed by atoms with E-state index in [-0.39, 0.29) is 17.4 Å². The number of hydrogen-bond acceptors (Lipinski definition) is 4. The number of aromatic carboxylic acids is 1. The van der Waals surface area contributed by atoms with Crippen molar-refractivity contribution >= 4 is 11.8 Å². The van der Waals surface area contributed by atoms with Crippen LogP contribution in [0.2, 0.25) is 0 Å². The van der Waals surface area contributed by atoms with Crippen LogP contribution in [0.25, 0.3) is 0 Å². The minimum atomic E-state index is -1.09. The number of nitrogens with zero attached hydrogens (tertiary/aromatic N) is 3. The van der Waals surface area contributed by atoms with E-state index in [9.17, 15) is 9.59 Å². The molecule has 6 nitrogen and oxygen atoms in total. The van der Waals surface area contributed by atoms with E-state index in [0.29, 0.717) is 23.3 Å². The molecule has 1 aliphatic carbocycles. The number of ketones is 1. The van der Waals surface area contributed by atoms with Gasteiger partial charge in [0.15, 0.2) is 5.69 Å². The molecule has 0 aliphatic heterocycles. The SMILES string of the molecule is CC1CC(=CN(C)C)C(=O)c2c1c(C(=O)O)nn2C. The Hall–Kier alpha value is -2.11. The van der Waals surface area contributed by atoms with Gasteiger partial charge in [-0.2, -0.15) is 5.10 Å². The van der Waals surface area contributed by atoms with E-state index in [0.717, 1.165) is 0 Å². The molecule has 0 saturated heterocycles. The number of fused-ring (bicyclic) bond motifs is 1. The second-order valence-electron chi connectivity index (χ2n) is 5.09. The first kappa shape index (κ1) is 13.3. The van der Waals surface area contributed by atoms with Crippen LogP contribution < -0.4 is 0 Å². The number of hydrogen-bond donors (Lipinski definition) is 1. The Morgan fingerprint density at radius 2 is 2.16 bits per heavy atom. The summed E-state index contributed by atoms with van der Waals surface area (Å²) in [6.45, 7) is 1.92. The normalized spacial score (nSPS) is 20.5. The van der Waals surface area contributed by atoms with Crippen molar-refractivity contribution in [2.45, 2.75) is 19.3 Å². The Kier molecular flexibility index (Phi) is 3.18. The third kappa shape index (κ3) is 2.14. The number of rotatable bonds is 2. The summed E-state index contributed by atoms with van der Waals surface area (Å²) in [6, 6.07) is 0. The molecule has 0 aromatic carbocycles. The molecule has 19 heavy (non-hydrogen) atoms. The lowest BCUT2D eigenvalue weighted by Crippen LogP contribution is -2.21. The van der Waals surface area contributed by atoms with Crippen LogP contribution in [0.15, 0.2) is 11.8 Å². The van der Waals surface area contributed by atoms with Crippen LogP contribution >= 0.6 is 0 Å². The summed E-state index contributed by atoms with van der Waals surface area (Å²) in [7, 11) is 5.31. The Balaban J connectivity index is 2.61. The van der Waals surface area contributed by atoms with E-state index in [1.54, 1.807) is 13.2 Å². The van der Waals surface area contributed by atoms with Crippen molar-refractivity contribution in [3.63, 3.8) is 0 Å². The summed E-state index contributed by atoms with van der Waals surface area (Å²) >= 11 is 0. The van der Waals surface area contributed by atoms with Gasteiger partial charge < -0.3 is 10.0 Å². The van der Waals surface area contributed by atoms with Gasteiger partial charge in [0.05, 0.1) is 0 Å². The van der Waals surface area contributed by atoms with Crippen molar-refractivity contribution in [2.24, 2.45) is 7.05 Å². The lowest BCUT2D eigenvalue weighted by Gasteiger charge is -2.22. The van der Waals surface area contributed by atoms with Gasteiger partial charge in [-0.1, -0.05) is 6.92 Å². The summed E-state index contributed by atoms with van der Waals surface area (Å²) in [4.78, 5) is 25.4. The van der Waals surface area contributed by atoms with Crippen molar-refractivity contribution in [3.8, 4) is 0 Å². The number of carboxylic acids is 1. The average molecular weight is 263 g/mol. The minimum absolute atomic E-state index is 0.0118. The highest BCUT2D eigenvalue weighted by Crippen LogP contribution is 2.36. The Morgan fingerprint density at radius 3 is 2.68 bits per heavy atom. The van der Waals surface area contributed by atoms with Crippen LogP contribution in [0.5, 0.6) is 0 Å². The number of aryl methyl sites for hydroxylation is 1. The maximum atomic E-state index is 12.4. The molecule has 0 saturated carbocycles. The summed E-state index contributed by atoms with van der Waals surface area (Å²) in [5.41, 5.74) is 1.62. The Labute approximate surface area is 111 Å². The average Bonchev–Trinajstić information content (AvgIpc) is 2.63. The molecule has 0 radical (unpaired) electrons. The predicted octanol–water partition coefficient (Wildman–Crippen LogP) is 1.25. The van der Waals surface area contributed by atoms with E-state index in [1.165, 1.54) is 4.68 Å². The fourth-order valence-electron chi connectivity index (χ4n) is 2.53. The van der Waals surface area contributed by atoms with E-state index < -0.39 is 5.97 Å². The van der Waals surface area contributed by atoms with Crippen LogP contribution in [-0.2, 0) is 7.05 Å². The molecule has 6 heteroatoms. The molecule has 102 valence electrons. The summed E-state index contributed by atoms with van der Waals surface area (Å²) in [6.07, 6.45) is 2.32. The van der Waals surface area contributed by atoms with Crippen molar-refractivity contribution in [1.29, 1.82) is 0 Å². The second-order valence-corrected chi connectivity index (χ2v) is 5.09. The lowest BCUT2D eigenvalue weighted by atomic mass is 9.82. The largest absolute Gasteiger partial charge is 0.476 e. The van der Waals surface area contributed by atoms with E-state index >= 15 is 0 Å². The molecular formula is C13H17N3O3. The van der Waals surface area contributed by atoms with Gasteiger partial charge in [0.2, 0.25) is 5.78 Å². The van der Waals surface area contributed by atoms with Gasteiger partial charge in [-0.05, 0) is 12.3 Å². The van der Waals surface area contributed by atoms with Gasteiger partial charge in [-0.15, -0.1) is 0 Å². The highest BCUT2D eigenvalue weighted by Gasteiger charge is 2.35. The van der Waals surface area contributed by atoms with Crippen LogP contribution in [0.4, 0.5) is 0 Å². The topological polar surface area (TPSA) is 75.4 Å². The van der Waals surface area contributed by atoms with Gasteiger partial charge in [-0.3, -0.25) is 9.48 Å². The number of carbonyl (C=O) groups is 2. The number of aromatic nitrogens is 2. The van der Waals surface area contributed by atoms with Crippen LogP contribution in [0, 0.1) is 0 Å². The third-order valence-corrected chi connectivity index (χ3v) is 3.23. The number of carboxylic acid groups (broad SMARTS) is 1. The molecular weight excluding hydrogens is 246 g/mol. The number of Topliss-reactive ketones (excluding diaryl/α,β-unsaturated/α-hetero) is 1. The fraction of sp³-hybridized carbons (Fsp3) is 0.462. The van der Waals surface area contributed by atoms with Gasteiger partial charge in [0.25, 0.3) is 0 Å². The predicted molar refractivity (Wildman–Crippen MR) is 69.3 cm³/mol. The van der Waals surface area contributed by atoms with E-state index in [1.807, 2.05) is 25.9 Å². The number of allylic oxidation sites excluding steroid dienone is 1. The quantitative estimate of drug-likeness (QED) is 0.813. The van der Waals surface area contributed by atoms with Crippen molar-refractivity contribution in [3.05, 3.63) is 28.7 Å². The van der Waals surface area contributed by atoms with Gasteiger partial charge in [0.1, 0.15) is 5.69 Å². The summed E-state index contributed by atoms with van der Waals surface area (Å²) in [5.74, 6) is -1.25. The van der Waals surface area contributed by atoms with Crippen LogP contribution in [0.1, 0.15) is 45.8 Å². The van der Waals surface area contributed by atoms with Crippen LogP contribution in [-0.4, -0.2) is 45.6 Å². The van der Waals surface area contributed by atoms with Gasteiger partial charge >= 0.3 is 5.97 Å². The van der Waals surface area contributed by atoms with Crippen molar-refractivity contribution < 1.29 is 14.7 Å². The molecule has 1 atom stereocenters. The van der Waals surface area contributed by atoms with Crippen molar-refractivity contribution in [1.82, 2.24) is 14.7 Å².